The molecule has 0 radical (unpaired) electrons. The summed E-state index contributed by atoms with van der Waals surface area (Å²) < 4.78 is 0. The first-order chi connectivity index (χ1) is 10.6. The van der Waals surface area contributed by atoms with Crippen LogP contribution in [0.3, 0.4) is 0 Å². The predicted molar refractivity (Wildman–Crippen MR) is 96.2 cm³/mol. The molecule has 0 saturated heterocycles. The van der Waals surface area contributed by atoms with Crippen molar-refractivity contribution < 1.29 is 0 Å². The molecule has 0 bridgehead atoms. The molecule has 2 aliphatic carbocycles. The Labute approximate surface area is 132 Å². The molecule has 4 rings (SSSR count). The molecule has 0 heterocycles. The number of fused-ring (bicyclic) bond motifs is 3. The first-order valence-electron chi connectivity index (χ1n) is 8.18. The third-order valence-corrected chi connectivity index (χ3v) is 5.62. The minimum Gasteiger partial charge on any atom is -0.0836 e. The Morgan fingerprint density at radius 1 is 0.864 bits per heavy atom. The third-order valence-electron chi connectivity index (χ3n) is 5.62. The van der Waals surface area contributed by atoms with E-state index in [1.54, 1.807) is 5.57 Å². The number of aryl methyl sites for hydroxylation is 2. The molecular formula is C22H22. The van der Waals surface area contributed by atoms with E-state index in [0.717, 1.165) is 6.42 Å². The van der Waals surface area contributed by atoms with Crippen molar-refractivity contribution in [3.8, 4) is 0 Å². The molecule has 2 aromatic rings. The highest BCUT2D eigenvalue weighted by Gasteiger charge is 2.25. The summed E-state index contributed by atoms with van der Waals surface area (Å²) in [6.07, 6.45) is 7.98. The van der Waals surface area contributed by atoms with Crippen LogP contribution >= 0.6 is 0 Å². The Balaban J connectivity index is 2.32. The summed E-state index contributed by atoms with van der Waals surface area (Å²) in [4.78, 5) is 0. The van der Waals surface area contributed by atoms with E-state index in [4.69, 9.17) is 0 Å². The van der Waals surface area contributed by atoms with E-state index in [9.17, 15) is 0 Å². The molecule has 0 heteroatoms. The molecule has 22 heavy (non-hydrogen) atoms. The number of allylic oxidation sites excluding steroid dienone is 4. The molecule has 1 atom stereocenters. The van der Waals surface area contributed by atoms with Gasteiger partial charge in [-0.2, -0.15) is 0 Å². The van der Waals surface area contributed by atoms with Gasteiger partial charge in [-0.3, -0.25) is 0 Å². The van der Waals surface area contributed by atoms with Crippen LogP contribution in [0.5, 0.6) is 0 Å². The van der Waals surface area contributed by atoms with Gasteiger partial charge in [-0.15, -0.1) is 0 Å². The van der Waals surface area contributed by atoms with Crippen LogP contribution in [0.2, 0.25) is 0 Å². The van der Waals surface area contributed by atoms with Crippen molar-refractivity contribution in [2.24, 2.45) is 5.92 Å². The normalized spacial score (nSPS) is 20.0. The first-order valence-corrected chi connectivity index (χ1v) is 8.18. The van der Waals surface area contributed by atoms with Crippen LogP contribution in [0, 0.1) is 19.8 Å². The van der Waals surface area contributed by atoms with Crippen LogP contribution < -0.4 is 10.4 Å². The maximum Gasteiger partial charge on any atom is 0.00921 e. The highest BCUT2D eigenvalue weighted by molar-refractivity contribution is 5.91. The van der Waals surface area contributed by atoms with Crippen molar-refractivity contribution in [2.45, 2.75) is 34.1 Å². The maximum atomic E-state index is 2.34. The van der Waals surface area contributed by atoms with Gasteiger partial charge in [0, 0.05) is 5.92 Å². The van der Waals surface area contributed by atoms with Gasteiger partial charge in [0.15, 0.2) is 0 Å². The Kier molecular flexibility index (Phi) is 2.91. The number of rotatable bonds is 0. The van der Waals surface area contributed by atoms with Gasteiger partial charge in [0.1, 0.15) is 0 Å². The van der Waals surface area contributed by atoms with Gasteiger partial charge >= 0.3 is 0 Å². The van der Waals surface area contributed by atoms with E-state index in [1.807, 2.05) is 0 Å². The van der Waals surface area contributed by atoms with Gasteiger partial charge in [-0.05, 0) is 77.6 Å². The average molecular weight is 286 g/mol. The van der Waals surface area contributed by atoms with Gasteiger partial charge in [0.2, 0.25) is 0 Å². The molecule has 0 amide bonds. The van der Waals surface area contributed by atoms with Crippen molar-refractivity contribution in [3.63, 3.8) is 0 Å². The van der Waals surface area contributed by atoms with Crippen molar-refractivity contribution in [3.05, 3.63) is 69.6 Å². The topological polar surface area (TPSA) is 0 Å². The summed E-state index contributed by atoms with van der Waals surface area (Å²) in [6, 6.07) is 8.85. The lowest BCUT2D eigenvalue weighted by atomic mass is 9.75. The van der Waals surface area contributed by atoms with Crippen LogP contribution in [0.25, 0.3) is 21.9 Å². The van der Waals surface area contributed by atoms with Crippen LogP contribution in [0.4, 0.5) is 0 Å². The largest absolute Gasteiger partial charge is 0.0836 e. The Morgan fingerprint density at radius 3 is 2.18 bits per heavy atom. The van der Waals surface area contributed by atoms with Crippen LogP contribution in [-0.2, 0) is 0 Å². The molecule has 0 nitrogen and oxygen atoms in total. The number of hydrogen-bond donors (Lipinski definition) is 0. The van der Waals surface area contributed by atoms with Crippen LogP contribution in [0.15, 0.2) is 48.1 Å². The zero-order valence-electron chi connectivity index (χ0n) is 13.8. The molecular weight excluding hydrogens is 264 g/mol. The fraction of sp³-hybridized carbons (Fsp3) is 0.273. The quantitative estimate of drug-likeness (QED) is 0.677. The third kappa shape index (κ3) is 1.64. The van der Waals surface area contributed by atoms with E-state index in [-0.39, 0.29) is 0 Å². The average Bonchev–Trinajstić information content (AvgIpc) is 2.56. The predicted octanol–water partition coefficient (Wildman–Crippen LogP) is 4.31. The Morgan fingerprint density at radius 2 is 1.50 bits per heavy atom. The highest BCUT2D eigenvalue weighted by atomic mass is 14.3. The minimum atomic E-state index is 0.566. The zero-order chi connectivity index (χ0) is 15.4. The smallest absolute Gasteiger partial charge is 0.00921 e. The Hall–Kier alpha value is -2.08. The fourth-order valence-corrected chi connectivity index (χ4v) is 4.49. The summed E-state index contributed by atoms with van der Waals surface area (Å²) in [5, 5.41) is 5.79. The second kappa shape index (κ2) is 4.71. The summed E-state index contributed by atoms with van der Waals surface area (Å²) in [7, 11) is 0. The van der Waals surface area contributed by atoms with Crippen molar-refractivity contribution >= 4 is 21.9 Å². The monoisotopic (exact) mass is 286 g/mol. The van der Waals surface area contributed by atoms with E-state index in [1.165, 1.54) is 43.5 Å². The van der Waals surface area contributed by atoms with Crippen molar-refractivity contribution in [1.82, 2.24) is 0 Å². The molecule has 1 unspecified atom stereocenters. The number of hydrogen-bond acceptors (Lipinski definition) is 0. The minimum absolute atomic E-state index is 0.566. The lowest BCUT2D eigenvalue weighted by Crippen LogP contribution is -2.40. The van der Waals surface area contributed by atoms with Gasteiger partial charge < -0.3 is 0 Å². The van der Waals surface area contributed by atoms with Gasteiger partial charge in [-0.1, -0.05) is 48.1 Å². The summed E-state index contributed by atoms with van der Waals surface area (Å²) >= 11 is 0. The number of benzene rings is 2. The SMILES string of the molecule is CC1=c2c(C)c3ccccc3c(C)c2=C(C)C2CC=CC=C12. The molecule has 0 fully saturated rings. The molecule has 0 aromatic heterocycles. The lowest BCUT2D eigenvalue weighted by molar-refractivity contribution is 0.787. The molecule has 0 aliphatic heterocycles. The standard InChI is InChI=1S/C22H22/c1-13-17-9-5-6-10-18(17)15(3)22-16(4)20-12-8-7-11-19(20)14(2)21(13)22/h5-11,20H,12H2,1-4H3. The first kappa shape index (κ1) is 13.6. The van der Waals surface area contributed by atoms with Gasteiger partial charge in [0.25, 0.3) is 0 Å². The van der Waals surface area contributed by atoms with E-state index in [0.29, 0.717) is 5.92 Å². The van der Waals surface area contributed by atoms with Crippen molar-refractivity contribution in [2.75, 3.05) is 0 Å². The summed E-state index contributed by atoms with van der Waals surface area (Å²) in [5.41, 5.74) is 7.41. The van der Waals surface area contributed by atoms with Crippen LogP contribution in [0.1, 0.15) is 31.4 Å². The molecule has 0 spiro atoms. The van der Waals surface area contributed by atoms with E-state index < -0.39 is 0 Å². The second-order valence-corrected chi connectivity index (χ2v) is 6.69. The molecule has 0 saturated carbocycles. The zero-order valence-corrected chi connectivity index (χ0v) is 13.8. The molecule has 2 aromatic carbocycles. The van der Waals surface area contributed by atoms with Crippen molar-refractivity contribution in [1.29, 1.82) is 0 Å². The second-order valence-electron chi connectivity index (χ2n) is 6.69. The summed E-state index contributed by atoms with van der Waals surface area (Å²) in [6.45, 7) is 9.23. The van der Waals surface area contributed by atoms with Gasteiger partial charge in [-0.25, -0.2) is 0 Å². The molecule has 110 valence electrons. The fourth-order valence-electron chi connectivity index (χ4n) is 4.49. The summed E-state index contributed by atoms with van der Waals surface area (Å²) in [5.74, 6) is 0.566. The molecule has 2 aliphatic rings. The highest BCUT2D eigenvalue weighted by Crippen LogP contribution is 2.35. The maximum absolute atomic E-state index is 2.34. The lowest BCUT2D eigenvalue weighted by Gasteiger charge is -2.29. The molecule has 0 N–H and O–H groups in total. The van der Waals surface area contributed by atoms with E-state index >= 15 is 0 Å². The Bertz CT molecular complexity index is 981. The van der Waals surface area contributed by atoms with Gasteiger partial charge in [0.05, 0.1) is 0 Å². The van der Waals surface area contributed by atoms with Crippen LogP contribution in [-0.4, -0.2) is 0 Å². The van der Waals surface area contributed by atoms with E-state index in [2.05, 4.69) is 70.2 Å².